The largest absolute Gasteiger partial charge is 0.324 e. The van der Waals surface area contributed by atoms with E-state index in [1.165, 1.54) is 0 Å². The van der Waals surface area contributed by atoms with Crippen LogP contribution in [0.25, 0.3) is 0 Å². The van der Waals surface area contributed by atoms with Gasteiger partial charge in [0.25, 0.3) is 5.91 Å². The number of amides is 1. The Morgan fingerprint density at radius 2 is 2.05 bits per heavy atom. The molecule has 2 aromatic rings. The van der Waals surface area contributed by atoms with Gasteiger partial charge in [-0.1, -0.05) is 15.9 Å². The first-order valence-electron chi connectivity index (χ1n) is 6.13. The van der Waals surface area contributed by atoms with Gasteiger partial charge in [-0.3, -0.25) is 10.6 Å². The predicted molar refractivity (Wildman–Crippen MR) is 85.8 cm³/mol. The lowest BCUT2D eigenvalue weighted by Gasteiger charge is -2.10. The van der Waals surface area contributed by atoms with Crippen molar-refractivity contribution in [2.75, 3.05) is 10.7 Å². The van der Waals surface area contributed by atoms with Crippen molar-refractivity contribution >= 4 is 33.2 Å². The summed E-state index contributed by atoms with van der Waals surface area (Å²) in [5.74, 6) is 5.06. The van der Waals surface area contributed by atoms with Crippen LogP contribution in [0.5, 0.6) is 0 Å². The maximum absolute atomic E-state index is 12.3. The number of nitrogen functional groups attached to an aromatic ring is 1. The van der Waals surface area contributed by atoms with Gasteiger partial charge in [0.2, 0.25) is 0 Å². The van der Waals surface area contributed by atoms with E-state index in [2.05, 4.69) is 32.7 Å². The number of nitriles is 1. The van der Waals surface area contributed by atoms with Crippen molar-refractivity contribution in [3.05, 3.63) is 57.6 Å². The van der Waals surface area contributed by atoms with E-state index in [1.807, 2.05) is 6.92 Å². The summed E-state index contributed by atoms with van der Waals surface area (Å²) in [7, 11) is 0. The maximum atomic E-state index is 12.3. The molecule has 0 aliphatic heterocycles. The normalized spacial score (nSPS) is 9.81. The third-order valence-electron chi connectivity index (χ3n) is 2.99. The summed E-state index contributed by atoms with van der Waals surface area (Å²) in [6.07, 6.45) is 0. The second-order valence-electron chi connectivity index (χ2n) is 4.43. The summed E-state index contributed by atoms with van der Waals surface area (Å²) in [6, 6.07) is 12.3. The highest BCUT2D eigenvalue weighted by Crippen LogP contribution is 2.22. The number of hydrogen-bond donors (Lipinski definition) is 3. The molecular formula is C15H13BrN4O. The molecule has 0 spiro atoms. The Morgan fingerprint density at radius 1 is 1.29 bits per heavy atom. The maximum Gasteiger partial charge on any atom is 0.255 e. The summed E-state index contributed by atoms with van der Waals surface area (Å²) in [6.45, 7) is 1.82. The summed E-state index contributed by atoms with van der Waals surface area (Å²) in [5.41, 5.74) is 5.45. The summed E-state index contributed by atoms with van der Waals surface area (Å²) < 4.78 is 0.788. The SMILES string of the molecule is Cc1cc(NN)ccc1C(=O)Nc1cc(Br)ccc1C#N. The van der Waals surface area contributed by atoms with Crippen molar-refractivity contribution in [2.24, 2.45) is 5.84 Å². The fourth-order valence-electron chi connectivity index (χ4n) is 1.92. The van der Waals surface area contributed by atoms with E-state index in [0.717, 1.165) is 15.7 Å². The highest BCUT2D eigenvalue weighted by atomic mass is 79.9. The molecule has 2 aromatic carbocycles. The van der Waals surface area contributed by atoms with E-state index in [9.17, 15) is 4.79 Å². The zero-order chi connectivity index (χ0) is 15.4. The molecule has 0 saturated heterocycles. The Labute approximate surface area is 130 Å². The van der Waals surface area contributed by atoms with E-state index in [-0.39, 0.29) is 5.91 Å². The molecule has 0 fully saturated rings. The first-order valence-corrected chi connectivity index (χ1v) is 6.92. The molecule has 0 aromatic heterocycles. The number of rotatable bonds is 3. The van der Waals surface area contributed by atoms with E-state index in [0.29, 0.717) is 16.8 Å². The standard InChI is InChI=1S/C15H13BrN4O/c1-9-6-12(20-18)4-5-13(9)15(21)19-14-7-11(16)3-2-10(14)8-17/h2-7,20H,18H2,1H3,(H,19,21). The molecule has 2 rings (SSSR count). The number of nitrogens with two attached hydrogens (primary N) is 1. The van der Waals surface area contributed by atoms with Crippen molar-refractivity contribution in [1.29, 1.82) is 5.26 Å². The van der Waals surface area contributed by atoms with Gasteiger partial charge in [0.05, 0.1) is 11.3 Å². The van der Waals surface area contributed by atoms with Crippen LogP contribution in [0.3, 0.4) is 0 Å². The minimum Gasteiger partial charge on any atom is -0.324 e. The van der Waals surface area contributed by atoms with Crippen molar-refractivity contribution in [3.63, 3.8) is 0 Å². The number of aryl methyl sites for hydroxylation is 1. The molecule has 0 atom stereocenters. The zero-order valence-corrected chi connectivity index (χ0v) is 12.9. The Morgan fingerprint density at radius 3 is 2.67 bits per heavy atom. The van der Waals surface area contributed by atoms with Crippen molar-refractivity contribution in [3.8, 4) is 6.07 Å². The molecule has 6 heteroatoms. The molecule has 0 aliphatic carbocycles. The number of carbonyl (C=O) groups is 1. The van der Waals surface area contributed by atoms with Gasteiger partial charge in [-0.15, -0.1) is 0 Å². The van der Waals surface area contributed by atoms with Crippen LogP contribution in [0.4, 0.5) is 11.4 Å². The highest BCUT2D eigenvalue weighted by molar-refractivity contribution is 9.10. The summed E-state index contributed by atoms with van der Waals surface area (Å²) in [5, 5.41) is 11.8. The van der Waals surface area contributed by atoms with Crippen molar-refractivity contribution < 1.29 is 4.79 Å². The number of anilines is 2. The molecule has 106 valence electrons. The third-order valence-corrected chi connectivity index (χ3v) is 3.48. The number of carbonyl (C=O) groups excluding carboxylic acids is 1. The van der Waals surface area contributed by atoms with Crippen LogP contribution in [0.15, 0.2) is 40.9 Å². The van der Waals surface area contributed by atoms with E-state index in [4.69, 9.17) is 11.1 Å². The Hall–Kier alpha value is -2.36. The lowest BCUT2D eigenvalue weighted by Crippen LogP contribution is -2.15. The Kier molecular flexibility index (Phi) is 4.58. The van der Waals surface area contributed by atoms with Gasteiger partial charge in [0, 0.05) is 15.7 Å². The van der Waals surface area contributed by atoms with Crippen LogP contribution in [0, 0.1) is 18.3 Å². The van der Waals surface area contributed by atoms with Crippen LogP contribution in [0.1, 0.15) is 21.5 Å². The highest BCUT2D eigenvalue weighted by Gasteiger charge is 2.12. The molecule has 21 heavy (non-hydrogen) atoms. The molecule has 4 N–H and O–H groups in total. The lowest BCUT2D eigenvalue weighted by atomic mass is 10.1. The van der Waals surface area contributed by atoms with Crippen LogP contribution in [0.2, 0.25) is 0 Å². The van der Waals surface area contributed by atoms with Gasteiger partial charge >= 0.3 is 0 Å². The predicted octanol–water partition coefficient (Wildman–Crippen LogP) is 3.17. The quantitative estimate of drug-likeness (QED) is 0.589. The molecule has 0 radical (unpaired) electrons. The first kappa shape index (κ1) is 15.0. The number of hydrogen-bond acceptors (Lipinski definition) is 4. The molecule has 0 heterocycles. The number of nitrogens with one attached hydrogen (secondary N) is 2. The molecule has 0 bridgehead atoms. The average molecular weight is 345 g/mol. The third kappa shape index (κ3) is 3.40. The molecule has 1 amide bonds. The van der Waals surface area contributed by atoms with Crippen LogP contribution in [-0.2, 0) is 0 Å². The first-order chi connectivity index (χ1) is 10.0. The smallest absolute Gasteiger partial charge is 0.255 e. The van der Waals surface area contributed by atoms with Gasteiger partial charge in [-0.05, 0) is 48.9 Å². The molecule has 0 aliphatic rings. The fraction of sp³-hybridized carbons (Fsp3) is 0.0667. The monoisotopic (exact) mass is 344 g/mol. The van der Waals surface area contributed by atoms with Crippen LogP contribution >= 0.6 is 15.9 Å². The van der Waals surface area contributed by atoms with Gasteiger partial charge < -0.3 is 10.7 Å². The molecular weight excluding hydrogens is 332 g/mol. The van der Waals surface area contributed by atoms with Gasteiger partial charge in [-0.2, -0.15) is 5.26 Å². The van der Waals surface area contributed by atoms with Crippen LogP contribution in [-0.4, -0.2) is 5.91 Å². The summed E-state index contributed by atoms with van der Waals surface area (Å²) in [4.78, 5) is 12.3. The number of benzene rings is 2. The van der Waals surface area contributed by atoms with E-state index >= 15 is 0 Å². The molecule has 0 saturated carbocycles. The van der Waals surface area contributed by atoms with E-state index < -0.39 is 0 Å². The number of nitrogens with zero attached hydrogens (tertiary/aromatic N) is 1. The molecule has 5 nitrogen and oxygen atoms in total. The molecule has 0 unspecified atom stereocenters. The van der Waals surface area contributed by atoms with Crippen LogP contribution < -0.4 is 16.6 Å². The topological polar surface area (TPSA) is 90.9 Å². The number of hydrazine groups is 1. The second-order valence-corrected chi connectivity index (χ2v) is 5.35. The average Bonchev–Trinajstić information content (AvgIpc) is 2.47. The number of halogens is 1. The lowest BCUT2D eigenvalue weighted by molar-refractivity contribution is 0.102. The van der Waals surface area contributed by atoms with Crippen molar-refractivity contribution in [2.45, 2.75) is 6.92 Å². The summed E-state index contributed by atoms with van der Waals surface area (Å²) >= 11 is 3.32. The Bertz CT molecular complexity index is 737. The zero-order valence-electron chi connectivity index (χ0n) is 11.3. The second kappa shape index (κ2) is 6.39. The van der Waals surface area contributed by atoms with E-state index in [1.54, 1.807) is 36.4 Å². The van der Waals surface area contributed by atoms with Crippen molar-refractivity contribution in [1.82, 2.24) is 0 Å². The Balaban J connectivity index is 2.30. The fourth-order valence-corrected chi connectivity index (χ4v) is 2.28. The minimum absolute atomic E-state index is 0.273. The van der Waals surface area contributed by atoms with Gasteiger partial charge in [0.1, 0.15) is 6.07 Å². The minimum atomic E-state index is -0.273. The van der Waals surface area contributed by atoms with Gasteiger partial charge in [0.15, 0.2) is 0 Å². The van der Waals surface area contributed by atoms with Gasteiger partial charge in [-0.25, -0.2) is 0 Å².